The summed E-state index contributed by atoms with van der Waals surface area (Å²) in [4.78, 5) is 4.01. The Balaban J connectivity index is 2.07. The molecule has 2 heterocycles. The van der Waals surface area contributed by atoms with E-state index < -0.39 is 0 Å². The van der Waals surface area contributed by atoms with Gasteiger partial charge in [0.05, 0.1) is 4.34 Å². The molecule has 17 heavy (non-hydrogen) atoms. The molecule has 0 bridgehead atoms. The number of piperidine rings is 1. The zero-order valence-corrected chi connectivity index (χ0v) is 12.2. The Labute approximate surface area is 113 Å². The van der Waals surface area contributed by atoms with E-state index in [1.54, 1.807) is 11.3 Å². The lowest BCUT2D eigenvalue weighted by atomic mass is 9.99. The molecule has 0 amide bonds. The van der Waals surface area contributed by atoms with Crippen LogP contribution in [0, 0.1) is 0 Å². The Bertz CT molecular complexity index is 351. The van der Waals surface area contributed by atoms with Crippen LogP contribution in [0.15, 0.2) is 12.1 Å². The van der Waals surface area contributed by atoms with Crippen LogP contribution in [0.1, 0.15) is 37.1 Å². The van der Waals surface area contributed by atoms with Gasteiger partial charge in [0, 0.05) is 23.5 Å². The molecule has 0 aliphatic carbocycles. The minimum atomic E-state index is 0.492. The van der Waals surface area contributed by atoms with Gasteiger partial charge in [0.15, 0.2) is 0 Å². The van der Waals surface area contributed by atoms with Crippen LogP contribution in [0.25, 0.3) is 0 Å². The Morgan fingerprint density at radius 2 is 2.35 bits per heavy atom. The number of nitrogens with zero attached hydrogens (tertiary/aromatic N) is 1. The SMILES string of the molecule is CNCC1CCCCN1C(C)c1ccc(Cl)s1. The normalized spacial score (nSPS) is 23.8. The Morgan fingerprint density at radius 1 is 1.53 bits per heavy atom. The van der Waals surface area contributed by atoms with Gasteiger partial charge in [0.2, 0.25) is 0 Å². The fourth-order valence-electron chi connectivity index (χ4n) is 2.70. The molecule has 1 aliphatic rings. The van der Waals surface area contributed by atoms with Crippen LogP contribution in [0.4, 0.5) is 0 Å². The Kier molecular flexibility index (Phi) is 4.86. The third kappa shape index (κ3) is 3.22. The van der Waals surface area contributed by atoms with Crippen LogP contribution in [-0.4, -0.2) is 31.1 Å². The lowest BCUT2D eigenvalue weighted by molar-refractivity contribution is 0.105. The lowest BCUT2D eigenvalue weighted by Gasteiger charge is -2.39. The second-order valence-corrected chi connectivity index (χ2v) is 6.51. The number of hydrogen-bond donors (Lipinski definition) is 1. The van der Waals surface area contributed by atoms with E-state index in [-0.39, 0.29) is 0 Å². The van der Waals surface area contributed by atoms with Gasteiger partial charge in [-0.05, 0) is 45.5 Å². The molecule has 1 fully saturated rings. The molecule has 0 radical (unpaired) electrons. The highest BCUT2D eigenvalue weighted by atomic mass is 35.5. The second-order valence-electron chi connectivity index (χ2n) is 4.76. The molecule has 0 spiro atoms. The maximum absolute atomic E-state index is 6.03. The molecule has 0 saturated carbocycles. The summed E-state index contributed by atoms with van der Waals surface area (Å²) >= 11 is 7.74. The highest BCUT2D eigenvalue weighted by Gasteiger charge is 2.27. The van der Waals surface area contributed by atoms with Crippen molar-refractivity contribution in [2.75, 3.05) is 20.1 Å². The van der Waals surface area contributed by atoms with Crippen molar-refractivity contribution in [2.45, 2.75) is 38.3 Å². The van der Waals surface area contributed by atoms with E-state index in [0.29, 0.717) is 12.1 Å². The number of likely N-dealkylation sites (N-methyl/N-ethyl adjacent to an activating group) is 1. The van der Waals surface area contributed by atoms with Crippen molar-refractivity contribution < 1.29 is 0 Å². The predicted octanol–water partition coefficient (Wildman–Crippen LogP) is 3.54. The second kappa shape index (κ2) is 6.19. The van der Waals surface area contributed by atoms with Crippen molar-refractivity contribution in [3.8, 4) is 0 Å². The molecule has 2 nitrogen and oxygen atoms in total. The number of rotatable bonds is 4. The molecule has 1 saturated heterocycles. The number of thiophene rings is 1. The van der Waals surface area contributed by atoms with Crippen LogP contribution < -0.4 is 5.32 Å². The molecule has 2 unspecified atom stereocenters. The van der Waals surface area contributed by atoms with E-state index in [4.69, 9.17) is 11.6 Å². The maximum Gasteiger partial charge on any atom is 0.0931 e. The molecule has 4 heteroatoms. The maximum atomic E-state index is 6.03. The van der Waals surface area contributed by atoms with Gasteiger partial charge >= 0.3 is 0 Å². The highest BCUT2D eigenvalue weighted by Crippen LogP contribution is 2.33. The van der Waals surface area contributed by atoms with E-state index in [2.05, 4.69) is 23.2 Å². The average molecular weight is 273 g/mol. The van der Waals surface area contributed by atoms with E-state index in [9.17, 15) is 0 Å². The van der Waals surface area contributed by atoms with E-state index in [1.807, 2.05) is 13.1 Å². The minimum absolute atomic E-state index is 0.492. The first kappa shape index (κ1) is 13.3. The number of hydrogen-bond acceptors (Lipinski definition) is 3. The first-order chi connectivity index (χ1) is 8.22. The van der Waals surface area contributed by atoms with Gasteiger partial charge in [-0.2, -0.15) is 0 Å². The van der Waals surface area contributed by atoms with Gasteiger partial charge in [0.1, 0.15) is 0 Å². The molecule has 2 rings (SSSR count). The largest absolute Gasteiger partial charge is 0.318 e. The van der Waals surface area contributed by atoms with Crippen LogP contribution >= 0.6 is 22.9 Å². The van der Waals surface area contributed by atoms with Crippen molar-refractivity contribution >= 4 is 22.9 Å². The summed E-state index contributed by atoms with van der Waals surface area (Å²) in [6, 6.07) is 5.34. The van der Waals surface area contributed by atoms with Crippen molar-refractivity contribution in [3.05, 3.63) is 21.3 Å². The molecule has 0 aromatic carbocycles. The molecule has 2 atom stereocenters. The summed E-state index contributed by atoms with van der Waals surface area (Å²) in [6.45, 7) is 4.60. The summed E-state index contributed by atoms with van der Waals surface area (Å²) in [7, 11) is 2.04. The Morgan fingerprint density at radius 3 is 3.00 bits per heavy atom. The quantitative estimate of drug-likeness (QED) is 0.902. The van der Waals surface area contributed by atoms with Gasteiger partial charge in [-0.3, -0.25) is 4.90 Å². The highest BCUT2D eigenvalue weighted by molar-refractivity contribution is 7.16. The molecule has 1 aromatic rings. The molecular weight excluding hydrogens is 252 g/mol. The van der Waals surface area contributed by atoms with Gasteiger partial charge in [0.25, 0.3) is 0 Å². The number of nitrogens with one attached hydrogen (secondary N) is 1. The van der Waals surface area contributed by atoms with Gasteiger partial charge < -0.3 is 5.32 Å². The topological polar surface area (TPSA) is 15.3 Å². The first-order valence-electron chi connectivity index (χ1n) is 6.38. The van der Waals surface area contributed by atoms with Gasteiger partial charge in [-0.15, -0.1) is 11.3 Å². The van der Waals surface area contributed by atoms with Crippen molar-refractivity contribution in [1.82, 2.24) is 10.2 Å². The van der Waals surface area contributed by atoms with E-state index >= 15 is 0 Å². The van der Waals surface area contributed by atoms with Gasteiger partial charge in [-0.1, -0.05) is 18.0 Å². The first-order valence-corrected chi connectivity index (χ1v) is 7.57. The molecule has 1 aromatic heterocycles. The summed E-state index contributed by atoms with van der Waals surface area (Å²) in [5.74, 6) is 0. The van der Waals surface area contributed by atoms with Crippen LogP contribution in [0.2, 0.25) is 4.34 Å². The predicted molar refractivity (Wildman–Crippen MR) is 76.0 cm³/mol. The molecule has 1 aliphatic heterocycles. The molecule has 1 N–H and O–H groups in total. The van der Waals surface area contributed by atoms with Crippen LogP contribution in [0.5, 0.6) is 0 Å². The number of likely N-dealkylation sites (tertiary alicyclic amines) is 1. The monoisotopic (exact) mass is 272 g/mol. The Hall–Kier alpha value is -0.0900. The van der Waals surface area contributed by atoms with Crippen LogP contribution in [0.3, 0.4) is 0 Å². The summed E-state index contributed by atoms with van der Waals surface area (Å²) in [5, 5.41) is 3.31. The third-order valence-corrected chi connectivity index (χ3v) is 5.02. The zero-order valence-electron chi connectivity index (χ0n) is 10.6. The van der Waals surface area contributed by atoms with Gasteiger partial charge in [-0.25, -0.2) is 0 Å². The van der Waals surface area contributed by atoms with E-state index in [1.165, 1.54) is 30.7 Å². The summed E-state index contributed by atoms with van der Waals surface area (Å²) in [6.07, 6.45) is 3.99. The van der Waals surface area contributed by atoms with Crippen molar-refractivity contribution in [2.24, 2.45) is 0 Å². The fraction of sp³-hybridized carbons (Fsp3) is 0.692. The van der Waals surface area contributed by atoms with Crippen molar-refractivity contribution in [3.63, 3.8) is 0 Å². The van der Waals surface area contributed by atoms with E-state index in [0.717, 1.165) is 10.9 Å². The fourth-order valence-corrected chi connectivity index (χ4v) is 3.84. The van der Waals surface area contributed by atoms with Crippen LogP contribution in [-0.2, 0) is 0 Å². The molecule has 96 valence electrons. The lowest BCUT2D eigenvalue weighted by Crippen LogP contribution is -2.45. The number of halogens is 1. The smallest absolute Gasteiger partial charge is 0.0931 e. The summed E-state index contributed by atoms with van der Waals surface area (Å²) < 4.78 is 0.897. The average Bonchev–Trinajstić information content (AvgIpc) is 2.76. The standard InChI is InChI=1S/C13H21ClN2S/c1-10(12-6-7-13(14)17-12)16-8-4-3-5-11(16)9-15-2/h6-7,10-11,15H,3-5,8-9H2,1-2H3. The minimum Gasteiger partial charge on any atom is -0.318 e. The molecular formula is C13H21ClN2S. The zero-order chi connectivity index (χ0) is 12.3. The summed E-state index contributed by atoms with van der Waals surface area (Å²) in [5.41, 5.74) is 0. The van der Waals surface area contributed by atoms with Crippen molar-refractivity contribution in [1.29, 1.82) is 0 Å². The third-order valence-electron chi connectivity index (χ3n) is 3.62.